The number of rotatable bonds is 4. The van der Waals surface area contributed by atoms with E-state index in [9.17, 15) is 0 Å². The molecule has 1 aromatic rings. The van der Waals surface area contributed by atoms with Gasteiger partial charge in [-0.15, -0.1) is 0 Å². The average Bonchev–Trinajstić information content (AvgIpc) is 2.48. The van der Waals surface area contributed by atoms with E-state index >= 15 is 0 Å². The first-order chi connectivity index (χ1) is 9.83. The number of benzene rings is 1. The second-order valence-electron chi connectivity index (χ2n) is 5.68. The monoisotopic (exact) mass is 276 g/mol. The smallest absolute Gasteiger partial charge is 0.157 e. The van der Waals surface area contributed by atoms with Crippen LogP contribution in [0.15, 0.2) is 18.2 Å². The van der Waals surface area contributed by atoms with Gasteiger partial charge < -0.3 is 15.2 Å². The molecule has 20 heavy (non-hydrogen) atoms. The number of nitrogen functional groups attached to an aromatic ring is 1. The molecule has 2 N–H and O–H groups in total. The molecule has 1 saturated heterocycles. The Morgan fingerprint density at radius 2 is 2.30 bits per heavy atom. The van der Waals surface area contributed by atoms with Gasteiger partial charge in [0.15, 0.2) is 6.29 Å². The molecule has 1 atom stereocenters. The van der Waals surface area contributed by atoms with Crippen molar-refractivity contribution in [2.24, 2.45) is 0 Å². The van der Waals surface area contributed by atoms with E-state index in [-0.39, 0.29) is 6.29 Å². The summed E-state index contributed by atoms with van der Waals surface area (Å²) in [5.74, 6) is 0. The maximum atomic E-state index is 6.02. The summed E-state index contributed by atoms with van der Waals surface area (Å²) in [7, 11) is 0. The van der Waals surface area contributed by atoms with Gasteiger partial charge in [0.25, 0.3) is 0 Å². The van der Waals surface area contributed by atoms with Gasteiger partial charge in [-0.3, -0.25) is 4.90 Å². The molecule has 3 rings (SSSR count). The highest BCUT2D eigenvalue weighted by molar-refractivity contribution is 5.51. The van der Waals surface area contributed by atoms with Crippen molar-refractivity contribution in [3.05, 3.63) is 29.3 Å². The first-order valence-electron chi connectivity index (χ1n) is 7.65. The third-order valence-corrected chi connectivity index (χ3v) is 4.23. The summed E-state index contributed by atoms with van der Waals surface area (Å²) in [4.78, 5) is 2.44. The molecule has 2 heterocycles. The predicted octanol–water partition coefficient (Wildman–Crippen LogP) is 2.17. The summed E-state index contributed by atoms with van der Waals surface area (Å²) >= 11 is 0. The van der Waals surface area contributed by atoms with E-state index in [2.05, 4.69) is 11.0 Å². The number of anilines is 1. The first-order valence-corrected chi connectivity index (χ1v) is 7.65. The lowest BCUT2D eigenvalue weighted by atomic mass is 9.98. The highest BCUT2D eigenvalue weighted by atomic mass is 16.7. The van der Waals surface area contributed by atoms with Crippen LogP contribution < -0.4 is 5.73 Å². The van der Waals surface area contributed by atoms with Crippen LogP contribution in [0.3, 0.4) is 0 Å². The lowest BCUT2D eigenvalue weighted by Crippen LogP contribution is -2.35. The topological polar surface area (TPSA) is 47.7 Å². The summed E-state index contributed by atoms with van der Waals surface area (Å²) in [6, 6.07) is 6.23. The van der Waals surface area contributed by atoms with Gasteiger partial charge in [-0.1, -0.05) is 12.1 Å². The SMILES string of the molecule is Nc1cccc2c1CCN(CCOC1CCCCO1)C2. The Labute approximate surface area is 120 Å². The Kier molecular flexibility index (Phi) is 4.55. The summed E-state index contributed by atoms with van der Waals surface area (Å²) in [5, 5.41) is 0. The van der Waals surface area contributed by atoms with Crippen molar-refractivity contribution in [3.63, 3.8) is 0 Å². The molecule has 110 valence electrons. The lowest BCUT2D eigenvalue weighted by molar-refractivity contribution is -0.164. The van der Waals surface area contributed by atoms with Crippen molar-refractivity contribution in [2.45, 2.75) is 38.5 Å². The minimum Gasteiger partial charge on any atom is -0.398 e. The normalized spacial score (nSPS) is 23.5. The molecule has 0 bridgehead atoms. The maximum Gasteiger partial charge on any atom is 0.157 e. The highest BCUT2D eigenvalue weighted by Gasteiger charge is 2.19. The summed E-state index contributed by atoms with van der Waals surface area (Å²) in [6.07, 6.45) is 4.50. The minimum absolute atomic E-state index is 0.0245. The molecule has 1 fully saturated rings. The van der Waals surface area contributed by atoms with Gasteiger partial charge in [0.2, 0.25) is 0 Å². The molecular formula is C16H24N2O2. The van der Waals surface area contributed by atoms with Crippen molar-refractivity contribution in [2.75, 3.05) is 32.0 Å². The fraction of sp³-hybridized carbons (Fsp3) is 0.625. The van der Waals surface area contributed by atoms with Crippen LogP contribution >= 0.6 is 0 Å². The van der Waals surface area contributed by atoms with Crippen LogP contribution in [0.5, 0.6) is 0 Å². The molecule has 4 nitrogen and oxygen atoms in total. The minimum atomic E-state index is 0.0245. The molecule has 1 unspecified atom stereocenters. The number of nitrogens with zero attached hydrogens (tertiary/aromatic N) is 1. The number of fused-ring (bicyclic) bond motifs is 1. The van der Waals surface area contributed by atoms with Gasteiger partial charge in [0.05, 0.1) is 6.61 Å². The van der Waals surface area contributed by atoms with Crippen molar-refractivity contribution in [1.82, 2.24) is 4.90 Å². The van der Waals surface area contributed by atoms with E-state index in [4.69, 9.17) is 15.2 Å². The van der Waals surface area contributed by atoms with E-state index in [0.29, 0.717) is 0 Å². The van der Waals surface area contributed by atoms with E-state index in [1.807, 2.05) is 12.1 Å². The summed E-state index contributed by atoms with van der Waals surface area (Å²) in [6.45, 7) is 4.61. The average molecular weight is 276 g/mol. The van der Waals surface area contributed by atoms with Gasteiger partial charge in [-0.05, 0) is 42.9 Å². The second kappa shape index (κ2) is 6.57. The molecule has 4 heteroatoms. The van der Waals surface area contributed by atoms with Crippen molar-refractivity contribution in [3.8, 4) is 0 Å². The number of hydrogen-bond acceptors (Lipinski definition) is 4. The fourth-order valence-corrected chi connectivity index (χ4v) is 3.04. The molecule has 0 spiro atoms. The molecule has 0 aliphatic carbocycles. The van der Waals surface area contributed by atoms with Crippen LogP contribution in [-0.2, 0) is 22.4 Å². The molecule has 2 aliphatic heterocycles. The number of hydrogen-bond donors (Lipinski definition) is 1. The van der Waals surface area contributed by atoms with Crippen LogP contribution in [0.4, 0.5) is 5.69 Å². The van der Waals surface area contributed by atoms with Crippen molar-refractivity contribution >= 4 is 5.69 Å². The van der Waals surface area contributed by atoms with Gasteiger partial charge in [-0.25, -0.2) is 0 Å². The zero-order valence-electron chi connectivity index (χ0n) is 12.0. The molecule has 2 aliphatic rings. The van der Waals surface area contributed by atoms with Gasteiger partial charge >= 0.3 is 0 Å². The Morgan fingerprint density at radius 3 is 3.15 bits per heavy atom. The Bertz CT molecular complexity index is 444. The van der Waals surface area contributed by atoms with Crippen molar-refractivity contribution in [1.29, 1.82) is 0 Å². The maximum absolute atomic E-state index is 6.02. The lowest BCUT2D eigenvalue weighted by Gasteiger charge is -2.30. The van der Waals surface area contributed by atoms with E-state index < -0.39 is 0 Å². The van der Waals surface area contributed by atoms with Gasteiger partial charge in [0.1, 0.15) is 0 Å². The van der Waals surface area contributed by atoms with Gasteiger partial charge in [0, 0.05) is 31.9 Å². The van der Waals surface area contributed by atoms with E-state index in [1.54, 1.807) is 0 Å². The standard InChI is InChI=1S/C16H24N2O2/c17-15-5-3-4-13-12-18(8-7-14(13)15)9-11-20-16-6-1-2-10-19-16/h3-5,16H,1-2,6-12,17H2. The molecule has 1 aromatic carbocycles. The van der Waals surface area contributed by atoms with Crippen molar-refractivity contribution < 1.29 is 9.47 Å². The third kappa shape index (κ3) is 3.32. The molecule has 0 amide bonds. The summed E-state index contributed by atoms with van der Waals surface area (Å²) in [5.41, 5.74) is 9.66. The zero-order chi connectivity index (χ0) is 13.8. The quantitative estimate of drug-likeness (QED) is 0.856. The molecule has 0 aromatic heterocycles. The molecular weight excluding hydrogens is 252 g/mol. The number of nitrogens with two attached hydrogens (primary N) is 1. The Balaban J connectivity index is 1.46. The van der Waals surface area contributed by atoms with E-state index in [0.717, 1.165) is 51.4 Å². The fourth-order valence-electron chi connectivity index (χ4n) is 3.04. The highest BCUT2D eigenvalue weighted by Crippen LogP contribution is 2.23. The first kappa shape index (κ1) is 13.9. The summed E-state index contributed by atoms with van der Waals surface area (Å²) < 4.78 is 11.4. The van der Waals surface area contributed by atoms with Crippen LogP contribution in [0.1, 0.15) is 30.4 Å². The Hall–Kier alpha value is -1.10. The van der Waals surface area contributed by atoms with E-state index in [1.165, 1.54) is 24.0 Å². The molecule has 0 radical (unpaired) electrons. The predicted molar refractivity (Wildman–Crippen MR) is 79.4 cm³/mol. The second-order valence-corrected chi connectivity index (χ2v) is 5.68. The van der Waals surface area contributed by atoms with Crippen LogP contribution in [0.25, 0.3) is 0 Å². The van der Waals surface area contributed by atoms with Crippen LogP contribution in [-0.4, -0.2) is 37.5 Å². The Morgan fingerprint density at radius 1 is 1.35 bits per heavy atom. The van der Waals surface area contributed by atoms with Crippen LogP contribution in [0.2, 0.25) is 0 Å². The zero-order valence-corrected chi connectivity index (χ0v) is 12.0. The number of ether oxygens (including phenoxy) is 2. The van der Waals surface area contributed by atoms with Gasteiger partial charge in [-0.2, -0.15) is 0 Å². The van der Waals surface area contributed by atoms with Crippen LogP contribution in [0, 0.1) is 0 Å². The third-order valence-electron chi connectivity index (χ3n) is 4.23. The molecule has 0 saturated carbocycles. The largest absolute Gasteiger partial charge is 0.398 e.